The second-order valence-electron chi connectivity index (χ2n) is 10.3. The molecule has 4 aromatic carbocycles. The van der Waals surface area contributed by atoms with Crippen molar-refractivity contribution in [2.24, 2.45) is 4.99 Å². The summed E-state index contributed by atoms with van der Waals surface area (Å²) in [7, 11) is 1.57. The number of nitrogens with zero attached hydrogens (tertiary/aromatic N) is 2. The van der Waals surface area contributed by atoms with E-state index >= 15 is 0 Å². The van der Waals surface area contributed by atoms with E-state index in [0.29, 0.717) is 31.4 Å². The van der Waals surface area contributed by atoms with Crippen LogP contribution >= 0.6 is 22.9 Å². The summed E-state index contributed by atoms with van der Waals surface area (Å²) >= 11 is 8.10. The van der Waals surface area contributed by atoms with Crippen LogP contribution in [0.15, 0.2) is 112 Å². The topological polar surface area (TPSA) is 69.9 Å². The SMILES string of the molecule is COc1ccc(C(=O)Oc2ccc(C=c3sc4n(c3=O)[C@@H](c3ccccc3Cl)C3=C(N=4)c4ccccc4CC3)cc2)cc1. The van der Waals surface area contributed by atoms with Crippen molar-refractivity contribution in [1.29, 1.82) is 0 Å². The van der Waals surface area contributed by atoms with Crippen molar-refractivity contribution in [3.63, 3.8) is 0 Å². The third-order valence-corrected chi connectivity index (χ3v) is 9.11. The number of halogens is 1. The molecule has 7 rings (SSSR count). The van der Waals surface area contributed by atoms with Gasteiger partial charge in [0.1, 0.15) is 11.5 Å². The van der Waals surface area contributed by atoms with E-state index in [4.69, 9.17) is 26.1 Å². The number of rotatable bonds is 5. The summed E-state index contributed by atoms with van der Waals surface area (Å²) in [6.45, 7) is 0. The summed E-state index contributed by atoms with van der Waals surface area (Å²) in [6.07, 6.45) is 3.52. The van der Waals surface area contributed by atoms with Crippen LogP contribution < -0.4 is 24.4 Å². The van der Waals surface area contributed by atoms with Crippen LogP contribution in [-0.2, 0) is 6.42 Å². The highest BCUT2D eigenvalue weighted by atomic mass is 35.5. The molecule has 0 N–H and O–H groups in total. The molecule has 1 aromatic heterocycles. The van der Waals surface area contributed by atoms with Gasteiger partial charge in [-0.3, -0.25) is 9.36 Å². The molecule has 212 valence electrons. The minimum Gasteiger partial charge on any atom is -0.497 e. The smallest absolute Gasteiger partial charge is 0.343 e. The van der Waals surface area contributed by atoms with Crippen molar-refractivity contribution in [2.75, 3.05) is 7.11 Å². The van der Waals surface area contributed by atoms with Gasteiger partial charge in [-0.25, -0.2) is 9.79 Å². The fourth-order valence-electron chi connectivity index (χ4n) is 5.67. The largest absolute Gasteiger partial charge is 0.497 e. The van der Waals surface area contributed by atoms with E-state index in [1.807, 2.05) is 48.5 Å². The van der Waals surface area contributed by atoms with Crippen LogP contribution in [0, 0.1) is 0 Å². The summed E-state index contributed by atoms with van der Waals surface area (Å²) in [5, 5.41) is 0.620. The van der Waals surface area contributed by atoms with E-state index in [1.165, 1.54) is 16.9 Å². The summed E-state index contributed by atoms with van der Waals surface area (Å²) < 4.78 is 13.0. The molecule has 2 aliphatic rings. The minimum atomic E-state index is -0.464. The number of aryl methyl sites for hydroxylation is 1. The van der Waals surface area contributed by atoms with Crippen LogP contribution in [0.5, 0.6) is 11.5 Å². The molecule has 2 heterocycles. The molecule has 0 amide bonds. The predicted molar refractivity (Wildman–Crippen MR) is 169 cm³/mol. The summed E-state index contributed by atoms with van der Waals surface area (Å²) in [5.41, 5.74) is 6.41. The second-order valence-corrected chi connectivity index (χ2v) is 11.7. The van der Waals surface area contributed by atoms with Gasteiger partial charge in [0.15, 0.2) is 4.80 Å². The number of benzene rings is 4. The highest BCUT2D eigenvalue weighted by molar-refractivity contribution is 7.07. The number of ether oxygens (including phenoxy) is 2. The summed E-state index contributed by atoms with van der Waals surface area (Å²) in [5.74, 6) is 0.604. The molecular weight excluding hydrogens is 580 g/mol. The molecule has 6 nitrogen and oxygen atoms in total. The molecule has 0 fully saturated rings. The Bertz CT molecular complexity index is 2090. The zero-order chi connectivity index (χ0) is 29.5. The number of esters is 1. The Morgan fingerprint density at radius 2 is 1.65 bits per heavy atom. The van der Waals surface area contributed by atoms with Crippen LogP contribution in [0.3, 0.4) is 0 Å². The zero-order valence-electron chi connectivity index (χ0n) is 23.1. The first-order valence-electron chi connectivity index (χ1n) is 13.8. The Morgan fingerprint density at radius 1 is 0.930 bits per heavy atom. The van der Waals surface area contributed by atoms with Gasteiger partial charge in [-0.15, -0.1) is 0 Å². The molecule has 1 atom stereocenters. The minimum absolute atomic E-state index is 0.117. The first kappa shape index (κ1) is 27.1. The summed E-state index contributed by atoms with van der Waals surface area (Å²) in [6, 6.07) is 29.5. The molecular formula is C35H25ClN2O4S. The van der Waals surface area contributed by atoms with E-state index in [9.17, 15) is 9.59 Å². The van der Waals surface area contributed by atoms with Gasteiger partial charge in [-0.2, -0.15) is 0 Å². The standard InChI is InChI=1S/C35H25ClN2O4S/c1-41-24-17-12-23(13-18-24)34(40)42-25-15-10-21(11-16-25)20-30-33(39)38-32(27-8-4-5-9-29(27)36)28-19-14-22-6-2-3-7-26(22)31(28)37-35(38)43-30/h2-13,15-18,20,32H,14,19H2,1H3/t32-/m0/s1. The molecule has 0 spiro atoms. The number of aromatic nitrogens is 1. The number of carbonyl (C=O) groups excluding carboxylic acids is 1. The number of hydrogen-bond acceptors (Lipinski definition) is 6. The Balaban J connectivity index is 1.26. The van der Waals surface area contributed by atoms with Gasteiger partial charge in [-0.05, 0) is 83.6 Å². The van der Waals surface area contributed by atoms with Gasteiger partial charge in [0.05, 0.1) is 28.9 Å². The fourth-order valence-corrected chi connectivity index (χ4v) is 6.91. The van der Waals surface area contributed by atoms with E-state index in [1.54, 1.807) is 48.1 Å². The van der Waals surface area contributed by atoms with Gasteiger partial charge in [-0.1, -0.05) is 77.5 Å². The summed E-state index contributed by atoms with van der Waals surface area (Å²) in [4.78, 5) is 32.2. The van der Waals surface area contributed by atoms with Gasteiger partial charge in [0, 0.05) is 10.6 Å². The fraction of sp³-hybridized carbons (Fsp3) is 0.114. The number of carbonyl (C=O) groups is 1. The first-order chi connectivity index (χ1) is 21.0. The Labute approximate surface area is 256 Å². The highest BCUT2D eigenvalue weighted by Gasteiger charge is 2.33. The number of allylic oxidation sites excluding steroid dienone is 1. The number of thiazole rings is 1. The normalized spacial score (nSPS) is 15.7. The lowest BCUT2D eigenvalue weighted by atomic mass is 9.83. The van der Waals surface area contributed by atoms with Crippen molar-refractivity contribution < 1.29 is 14.3 Å². The van der Waals surface area contributed by atoms with Crippen LogP contribution in [0.2, 0.25) is 5.02 Å². The van der Waals surface area contributed by atoms with Crippen molar-refractivity contribution in [2.45, 2.75) is 18.9 Å². The maximum absolute atomic E-state index is 14.0. The Kier molecular flexibility index (Phi) is 7.05. The molecule has 0 bridgehead atoms. The number of hydrogen-bond donors (Lipinski definition) is 0. The lowest BCUT2D eigenvalue weighted by Gasteiger charge is -2.31. The molecule has 43 heavy (non-hydrogen) atoms. The molecule has 1 aliphatic carbocycles. The predicted octanol–water partition coefficient (Wildman–Crippen LogP) is 6.20. The van der Waals surface area contributed by atoms with Gasteiger partial charge < -0.3 is 9.47 Å². The average Bonchev–Trinajstić information content (AvgIpc) is 3.35. The van der Waals surface area contributed by atoms with Gasteiger partial charge in [0.25, 0.3) is 5.56 Å². The monoisotopic (exact) mass is 604 g/mol. The van der Waals surface area contributed by atoms with Crippen LogP contribution in [0.1, 0.15) is 45.1 Å². The maximum Gasteiger partial charge on any atom is 0.343 e. The molecule has 1 aliphatic heterocycles. The Hall–Kier alpha value is -4.72. The Morgan fingerprint density at radius 3 is 2.42 bits per heavy atom. The van der Waals surface area contributed by atoms with Crippen molar-refractivity contribution in [3.8, 4) is 11.5 Å². The van der Waals surface area contributed by atoms with Crippen molar-refractivity contribution >= 4 is 40.7 Å². The van der Waals surface area contributed by atoms with Crippen molar-refractivity contribution in [1.82, 2.24) is 4.57 Å². The van der Waals surface area contributed by atoms with Crippen LogP contribution in [-0.4, -0.2) is 17.6 Å². The second kappa shape index (κ2) is 11.2. The van der Waals surface area contributed by atoms with Crippen molar-refractivity contribution in [3.05, 3.63) is 155 Å². The molecule has 0 saturated heterocycles. The zero-order valence-corrected chi connectivity index (χ0v) is 24.7. The molecule has 8 heteroatoms. The maximum atomic E-state index is 14.0. The highest BCUT2D eigenvalue weighted by Crippen LogP contribution is 2.42. The van der Waals surface area contributed by atoms with E-state index in [0.717, 1.165) is 40.8 Å². The molecule has 0 unspecified atom stereocenters. The third-order valence-electron chi connectivity index (χ3n) is 7.79. The number of methoxy groups -OCH3 is 1. The third kappa shape index (κ3) is 5.01. The van der Waals surface area contributed by atoms with Crippen LogP contribution in [0.25, 0.3) is 11.8 Å². The lowest BCUT2D eigenvalue weighted by molar-refractivity contribution is 0.0734. The molecule has 5 aromatic rings. The first-order valence-corrected chi connectivity index (χ1v) is 15.0. The van der Waals surface area contributed by atoms with E-state index in [2.05, 4.69) is 18.2 Å². The van der Waals surface area contributed by atoms with Gasteiger partial charge >= 0.3 is 5.97 Å². The number of fused-ring (bicyclic) bond motifs is 3. The van der Waals surface area contributed by atoms with E-state index < -0.39 is 5.97 Å². The van der Waals surface area contributed by atoms with Gasteiger partial charge in [0.2, 0.25) is 0 Å². The van der Waals surface area contributed by atoms with E-state index in [-0.39, 0.29) is 11.6 Å². The molecule has 0 saturated carbocycles. The molecule has 0 radical (unpaired) electrons. The lowest BCUT2D eigenvalue weighted by Crippen LogP contribution is -2.38. The van der Waals surface area contributed by atoms with Crippen LogP contribution in [0.4, 0.5) is 0 Å². The quantitative estimate of drug-likeness (QED) is 0.177. The average molecular weight is 605 g/mol.